The van der Waals surface area contributed by atoms with E-state index in [1.807, 2.05) is 0 Å². The average molecular weight is 1010 g/mol. The molecule has 0 unspecified atom stereocenters. The molecule has 6 aromatic carbocycles. The van der Waals surface area contributed by atoms with E-state index in [1.165, 1.54) is 150 Å². The molecule has 1 fully saturated rings. The fraction of sp³-hybridized carbons (Fsp3) is 0.465. The number of fused-ring (bicyclic) bond motifs is 10. The van der Waals surface area contributed by atoms with Crippen LogP contribution in [0.15, 0.2) is 103 Å². The van der Waals surface area contributed by atoms with Crippen LogP contribution in [0, 0.1) is 0 Å². The third kappa shape index (κ3) is 7.36. The van der Waals surface area contributed by atoms with E-state index >= 15 is 0 Å². The van der Waals surface area contributed by atoms with E-state index in [-0.39, 0.29) is 50.0 Å². The Hall–Kier alpha value is -5.06. The molecule has 1 aromatic heterocycles. The molecule has 7 aromatic rings. The van der Waals surface area contributed by atoms with Gasteiger partial charge in [0.15, 0.2) is 0 Å². The van der Waals surface area contributed by atoms with Crippen molar-refractivity contribution >= 4 is 72.3 Å². The van der Waals surface area contributed by atoms with Gasteiger partial charge >= 0.3 is 0 Å². The Morgan fingerprint density at radius 2 is 1.05 bits per heavy atom. The van der Waals surface area contributed by atoms with Crippen molar-refractivity contribution in [2.75, 3.05) is 9.80 Å². The van der Waals surface area contributed by atoms with Gasteiger partial charge in [-0.25, -0.2) is 0 Å². The lowest BCUT2D eigenvalue weighted by molar-refractivity contribution is 0.188. The largest absolute Gasteiger partial charge is 0.338 e. The van der Waals surface area contributed by atoms with Crippen LogP contribution in [0.4, 0.5) is 28.4 Å². The third-order valence-corrected chi connectivity index (χ3v) is 22.2. The molecule has 5 aliphatic carbocycles. The first-order valence-corrected chi connectivity index (χ1v) is 29.8. The summed E-state index contributed by atoms with van der Waals surface area (Å²) in [7, 11) is 0. The summed E-state index contributed by atoms with van der Waals surface area (Å²) < 4.78 is 2.97. The molecule has 386 valence electrons. The molecule has 0 saturated heterocycles. The molecule has 75 heavy (non-hydrogen) atoms. The molecule has 14 rings (SSSR count). The van der Waals surface area contributed by atoms with Gasteiger partial charge in [-0.1, -0.05) is 171 Å². The summed E-state index contributed by atoms with van der Waals surface area (Å²) in [6.07, 6.45) is 9.91. The normalized spacial score (nSPS) is 23.3. The zero-order chi connectivity index (χ0) is 52.9. The van der Waals surface area contributed by atoms with Gasteiger partial charge in [0.2, 0.25) is 0 Å². The van der Waals surface area contributed by atoms with Gasteiger partial charge in [-0.05, 0) is 209 Å². The molecule has 0 amide bonds. The molecule has 4 heteroatoms. The quantitative estimate of drug-likeness (QED) is 0.162. The highest BCUT2D eigenvalue weighted by Gasteiger charge is 2.51. The second kappa shape index (κ2) is 15.8. The van der Waals surface area contributed by atoms with Crippen LogP contribution < -0.4 is 25.5 Å². The van der Waals surface area contributed by atoms with E-state index < -0.39 is 0 Å². The number of hydrogen-bond acceptors (Lipinski definition) is 3. The van der Waals surface area contributed by atoms with Crippen LogP contribution in [0.1, 0.15) is 212 Å². The van der Waals surface area contributed by atoms with Crippen LogP contribution in [0.2, 0.25) is 0 Å². The molecule has 0 atom stereocenters. The standard InChI is InChI=1S/C71H83BN2S/c1-64(2,3)45-23-22-44(48(34-45)43-20-18-17-19-21-43)42-73-57-40-53-52(68(11,12)28-29-69(53,13)14)39-56(57)72-61-58(73)35-46(65(4,5)6)36-59(61)74(47-24-25-50-51(37-47)67(9,10)27-26-66(50,7)8)62-49-38-54-55(41-60(49)75-63(62)72)71(16)32-30-70(54,15)31-33-71/h17-25,34-41H,26-33,42H2,1-16H3. The smallest absolute Gasteiger partial charge is 0.264 e. The summed E-state index contributed by atoms with van der Waals surface area (Å²) in [5.41, 5.74) is 26.6. The molecule has 1 saturated carbocycles. The Balaban J connectivity index is 1.16. The average Bonchev–Trinajstić information content (AvgIpc) is 3.74. The van der Waals surface area contributed by atoms with E-state index in [9.17, 15) is 0 Å². The van der Waals surface area contributed by atoms with Crippen LogP contribution in [-0.4, -0.2) is 6.71 Å². The van der Waals surface area contributed by atoms with Gasteiger partial charge in [0.1, 0.15) is 0 Å². The molecule has 3 heterocycles. The van der Waals surface area contributed by atoms with Gasteiger partial charge in [-0.2, -0.15) is 0 Å². The van der Waals surface area contributed by atoms with Crippen molar-refractivity contribution in [2.24, 2.45) is 0 Å². The lowest BCUT2D eigenvalue weighted by Gasteiger charge is -2.52. The molecule has 2 bridgehead atoms. The summed E-state index contributed by atoms with van der Waals surface area (Å²) in [5.74, 6) is 0. The lowest BCUT2D eigenvalue weighted by atomic mass is 9.35. The zero-order valence-corrected chi connectivity index (χ0v) is 49.4. The minimum absolute atomic E-state index is 0.0197. The van der Waals surface area contributed by atoms with Crippen LogP contribution in [-0.2, 0) is 49.9 Å². The summed E-state index contributed by atoms with van der Waals surface area (Å²) in [5, 5.41) is 1.45. The second-order valence-corrected chi connectivity index (χ2v) is 31.2. The van der Waals surface area contributed by atoms with Crippen molar-refractivity contribution in [3.63, 3.8) is 0 Å². The third-order valence-electron chi connectivity index (χ3n) is 21.0. The van der Waals surface area contributed by atoms with Crippen molar-refractivity contribution in [2.45, 2.75) is 212 Å². The Bertz CT molecular complexity index is 3540. The molecule has 0 spiro atoms. The maximum Gasteiger partial charge on any atom is 0.264 e. The highest BCUT2D eigenvalue weighted by molar-refractivity contribution is 7.33. The van der Waals surface area contributed by atoms with Gasteiger partial charge < -0.3 is 9.80 Å². The predicted octanol–water partition coefficient (Wildman–Crippen LogP) is 17.9. The maximum absolute atomic E-state index is 2.82. The number of nitrogens with zero attached hydrogens (tertiary/aromatic N) is 2. The number of anilines is 5. The monoisotopic (exact) mass is 1010 g/mol. The molecule has 0 radical (unpaired) electrons. The van der Waals surface area contributed by atoms with Gasteiger partial charge in [-0.15, -0.1) is 11.3 Å². The highest BCUT2D eigenvalue weighted by atomic mass is 32.1. The maximum atomic E-state index is 2.82. The van der Waals surface area contributed by atoms with E-state index in [2.05, 4.69) is 235 Å². The second-order valence-electron chi connectivity index (χ2n) is 30.1. The van der Waals surface area contributed by atoms with Gasteiger partial charge in [0, 0.05) is 44.2 Å². The van der Waals surface area contributed by atoms with Crippen molar-refractivity contribution in [3.8, 4) is 11.1 Å². The summed E-state index contributed by atoms with van der Waals surface area (Å²) in [6, 6.07) is 42.6. The predicted molar refractivity (Wildman–Crippen MR) is 326 cm³/mol. The Kier molecular flexibility index (Phi) is 10.4. The highest BCUT2D eigenvalue weighted by Crippen LogP contribution is 2.59. The number of rotatable bonds is 4. The Morgan fingerprint density at radius 3 is 1.67 bits per heavy atom. The first-order chi connectivity index (χ1) is 35.1. The fourth-order valence-electron chi connectivity index (χ4n) is 15.4. The van der Waals surface area contributed by atoms with Gasteiger partial charge in [0.05, 0.1) is 5.69 Å². The first kappa shape index (κ1) is 49.5. The van der Waals surface area contributed by atoms with Crippen molar-refractivity contribution in [1.29, 1.82) is 0 Å². The van der Waals surface area contributed by atoms with E-state index in [0.717, 1.165) is 6.54 Å². The van der Waals surface area contributed by atoms with E-state index in [4.69, 9.17) is 0 Å². The molecule has 2 aliphatic heterocycles. The topological polar surface area (TPSA) is 6.48 Å². The molecular formula is C71H83BN2S. The fourth-order valence-corrected chi connectivity index (χ4v) is 16.7. The van der Waals surface area contributed by atoms with Crippen LogP contribution in [0.5, 0.6) is 0 Å². The van der Waals surface area contributed by atoms with Crippen LogP contribution >= 0.6 is 11.3 Å². The summed E-state index contributed by atoms with van der Waals surface area (Å²) in [6.45, 7) is 40.4. The number of hydrogen-bond donors (Lipinski definition) is 0. The van der Waals surface area contributed by atoms with E-state index in [1.54, 1.807) is 16.7 Å². The SMILES string of the molecule is CC(C)(C)c1ccc(CN2c3cc4c(cc3B3c5sc6cc7c(cc6c5N(c5ccc6c(c5)C(C)(C)CCC6(C)C)c5cc(C(C)(C)C)cc2c53)C2(C)CCC7(C)CC2)C(C)(C)CCC4(C)C)c(-c2ccccc2)c1. The van der Waals surface area contributed by atoms with Crippen LogP contribution in [0.25, 0.3) is 21.2 Å². The summed E-state index contributed by atoms with van der Waals surface area (Å²) >= 11 is 2.12. The number of thiophene rings is 1. The molecule has 0 N–H and O–H groups in total. The first-order valence-electron chi connectivity index (χ1n) is 29.0. The minimum atomic E-state index is -0.106. The van der Waals surface area contributed by atoms with E-state index in [0.29, 0.717) is 0 Å². The minimum Gasteiger partial charge on any atom is -0.338 e. The Morgan fingerprint density at radius 1 is 0.493 bits per heavy atom. The molecular weight excluding hydrogens is 924 g/mol. The van der Waals surface area contributed by atoms with Crippen molar-refractivity contribution in [1.82, 2.24) is 0 Å². The van der Waals surface area contributed by atoms with Gasteiger partial charge in [-0.3, -0.25) is 0 Å². The van der Waals surface area contributed by atoms with Crippen molar-refractivity contribution in [3.05, 3.63) is 153 Å². The zero-order valence-electron chi connectivity index (χ0n) is 48.6. The van der Waals surface area contributed by atoms with Crippen molar-refractivity contribution < 1.29 is 0 Å². The lowest BCUT2D eigenvalue weighted by Crippen LogP contribution is -2.61. The Labute approximate surface area is 455 Å². The summed E-state index contributed by atoms with van der Waals surface area (Å²) in [4.78, 5) is 5.62. The van der Waals surface area contributed by atoms with Gasteiger partial charge in [0.25, 0.3) is 6.71 Å². The molecule has 2 nitrogen and oxygen atoms in total. The van der Waals surface area contributed by atoms with Crippen LogP contribution in [0.3, 0.4) is 0 Å². The molecule has 7 aliphatic rings. The number of benzene rings is 6.